The van der Waals surface area contributed by atoms with Crippen molar-refractivity contribution in [2.45, 2.75) is 6.92 Å². The zero-order valence-electron chi connectivity index (χ0n) is 13.7. The molecule has 0 aliphatic heterocycles. The molecule has 0 amide bonds. The largest absolute Gasteiger partial charge is 0.423 e. The summed E-state index contributed by atoms with van der Waals surface area (Å²) >= 11 is 0. The van der Waals surface area contributed by atoms with Gasteiger partial charge >= 0.3 is 5.97 Å². The van der Waals surface area contributed by atoms with Crippen molar-refractivity contribution in [1.29, 1.82) is 5.41 Å². The Morgan fingerprint density at radius 1 is 1.12 bits per heavy atom. The molecule has 0 heterocycles. The third-order valence-corrected chi connectivity index (χ3v) is 2.87. The number of carbonyl (C=O) groups excluding carboxylic acids is 1. The van der Waals surface area contributed by atoms with E-state index in [0.717, 1.165) is 5.56 Å². The van der Waals surface area contributed by atoms with E-state index in [2.05, 4.69) is 0 Å². The molecule has 2 rings (SSSR count). The molecule has 8 nitrogen and oxygen atoms in total. The average Bonchev–Trinajstić information content (AvgIpc) is 2.53. The second-order valence-corrected chi connectivity index (χ2v) is 5.79. The summed E-state index contributed by atoms with van der Waals surface area (Å²) in [7, 11) is -4.69. The maximum atomic E-state index is 11.7. The minimum atomic E-state index is -4.69. The minimum absolute atomic E-state index is 0.0212. The smallest absolute Gasteiger partial charge is 0.336 e. The maximum Gasteiger partial charge on any atom is 0.336 e. The molecule has 0 aliphatic carbocycles. The molecule has 26 heavy (non-hydrogen) atoms. The third kappa shape index (κ3) is 9.52. The Labute approximate surface area is 152 Å². The molecule has 2 aromatic rings. The highest BCUT2D eigenvalue weighted by molar-refractivity contribution is 5.95. The van der Waals surface area contributed by atoms with Gasteiger partial charge in [-0.15, -0.1) is 0 Å². The van der Waals surface area contributed by atoms with Crippen LogP contribution in [0.4, 0.5) is 0 Å². The number of aryl methyl sites for hydroxylation is 1. The fourth-order valence-corrected chi connectivity index (χ4v) is 1.69. The predicted molar refractivity (Wildman–Crippen MR) is 85.5 cm³/mol. The normalized spacial score (nSPS) is 10.8. The van der Waals surface area contributed by atoms with Crippen LogP contribution in [0.15, 0.2) is 54.6 Å². The molecule has 0 bridgehead atoms. The number of benzene rings is 2. The van der Waals surface area contributed by atoms with Gasteiger partial charge in [0.05, 0.1) is 14.9 Å². The lowest BCUT2D eigenvalue weighted by molar-refractivity contribution is -1.92. The number of rotatable bonds is 4. The highest BCUT2D eigenvalue weighted by atomic mass is 35.7. The first-order valence-electron chi connectivity index (χ1n) is 7.09. The van der Waals surface area contributed by atoms with E-state index in [1.54, 1.807) is 30.3 Å². The summed E-state index contributed by atoms with van der Waals surface area (Å²) in [6.45, 7) is 2.01. The molecular weight excluding hydrogens is 364 g/mol. The van der Waals surface area contributed by atoms with Gasteiger partial charge in [0.1, 0.15) is 11.6 Å². The van der Waals surface area contributed by atoms with Gasteiger partial charge in [-0.05, 0) is 42.8 Å². The Kier molecular flexibility index (Phi) is 7.91. The van der Waals surface area contributed by atoms with E-state index in [4.69, 9.17) is 34.5 Å². The molecule has 0 atom stereocenters. The number of amidine groups is 1. The van der Waals surface area contributed by atoms with Crippen molar-refractivity contribution in [2.24, 2.45) is 5.73 Å². The Morgan fingerprint density at radius 3 is 2.08 bits per heavy atom. The van der Waals surface area contributed by atoms with Gasteiger partial charge < -0.3 is 10.5 Å². The quantitative estimate of drug-likeness (QED) is 0.196. The lowest BCUT2D eigenvalue weighted by atomic mass is 10.1. The molecule has 2 aromatic carbocycles. The van der Waals surface area contributed by atoms with Gasteiger partial charge in [-0.2, -0.15) is 14.0 Å². The lowest BCUT2D eigenvalue weighted by Crippen LogP contribution is -2.58. The Hall–Kier alpha value is -2.75. The number of carbonyl (C=O) groups is 1. The summed E-state index contributed by atoms with van der Waals surface area (Å²) in [6, 6.07) is 14.3. The number of hydrogen-bond acceptors (Lipinski definition) is 7. The van der Waals surface area contributed by atoms with E-state index in [-0.39, 0.29) is 5.84 Å². The van der Waals surface area contributed by atoms with E-state index >= 15 is 0 Å². The monoisotopic (exact) mass is 380 g/mol. The molecule has 4 N–H and O–H groups in total. The topological polar surface area (TPSA) is 166 Å². The predicted octanol–water partition coefficient (Wildman–Crippen LogP) is -1.23. The number of hydrogen-bond donors (Lipinski definition) is 3. The number of nitrogens with two attached hydrogens (primary N) is 1. The summed E-state index contributed by atoms with van der Waals surface area (Å²) in [5.74, 6) is -0.0585. The fraction of sp³-hybridized carbons (Fsp3) is 0.0588. The molecule has 0 unspecified atom stereocenters. The van der Waals surface area contributed by atoms with Gasteiger partial charge in [-0.3, -0.25) is 5.41 Å². The molecule has 0 radical (unpaired) electrons. The van der Waals surface area contributed by atoms with Crippen LogP contribution >= 0.6 is 0 Å². The first-order valence-corrected chi connectivity index (χ1v) is 8.35. The van der Waals surface area contributed by atoms with Crippen LogP contribution in [-0.4, -0.2) is 16.5 Å². The van der Waals surface area contributed by atoms with Crippen LogP contribution in [-0.2, 0) is 4.79 Å². The highest BCUT2D eigenvalue weighted by Crippen LogP contribution is 2.12. The van der Waals surface area contributed by atoms with Gasteiger partial charge in [-0.1, -0.05) is 29.8 Å². The molecule has 0 aliphatic rings. The van der Waals surface area contributed by atoms with Crippen LogP contribution in [0.3, 0.4) is 0 Å². The maximum absolute atomic E-state index is 11.7. The van der Waals surface area contributed by atoms with Crippen molar-refractivity contribution in [1.82, 2.24) is 0 Å². The lowest BCUT2D eigenvalue weighted by Gasteiger charge is -2.03. The second-order valence-electron chi connectivity index (χ2n) is 5.00. The van der Waals surface area contributed by atoms with Crippen molar-refractivity contribution < 1.29 is 38.4 Å². The molecule has 0 saturated heterocycles. The van der Waals surface area contributed by atoms with Crippen LogP contribution in [0, 0.1) is 22.6 Å². The summed E-state index contributed by atoms with van der Waals surface area (Å²) < 4.78 is 37.9. The summed E-state index contributed by atoms with van der Waals surface area (Å²) in [5, 5.41) is 7.28. The molecule has 9 heteroatoms. The molecular formula is C17H17ClN2O6. The van der Waals surface area contributed by atoms with Crippen LogP contribution in [0.25, 0.3) is 6.08 Å². The van der Waals surface area contributed by atoms with Gasteiger partial charge in [0, 0.05) is 11.6 Å². The van der Waals surface area contributed by atoms with E-state index in [0.29, 0.717) is 11.3 Å². The summed E-state index contributed by atoms with van der Waals surface area (Å²) in [6.07, 6.45) is 3.08. The molecule has 0 saturated carbocycles. The van der Waals surface area contributed by atoms with Gasteiger partial charge in [0.15, 0.2) is 0 Å². The van der Waals surface area contributed by atoms with E-state index in [1.807, 2.05) is 31.2 Å². The molecule has 0 spiro atoms. The zero-order chi connectivity index (χ0) is 19.7. The Morgan fingerprint density at radius 2 is 1.62 bits per heavy atom. The Balaban J connectivity index is 0.000000597. The standard InChI is InChI=1S/C17H16N2O2.ClHO4/c1-12-2-4-13(5-3-12)6-11-16(20)21-15-9-7-14(8-10-15)17(18)19;2-1(3,4)5/h2-11H,1H3,(H3,18,19);(H,2,3,4,5)/b11-6+;. The van der Waals surface area contributed by atoms with Crippen LogP contribution in [0.1, 0.15) is 16.7 Å². The molecule has 0 aromatic heterocycles. The van der Waals surface area contributed by atoms with E-state index in [9.17, 15) is 4.79 Å². The van der Waals surface area contributed by atoms with Crippen LogP contribution < -0.4 is 24.4 Å². The average molecular weight is 381 g/mol. The molecule has 0 fully saturated rings. The van der Waals surface area contributed by atoms with E-state index in [1.165, 1.54) is 11.6 Å². The van der Waals surface area contributed by atoms with Crippen LogP contribution in [0.2, 0.25) is 0 Å². The van der Waals surface area contributed by atoms with Crippen molar-refractivity contribution in [3.05, 3.63) is 71.3 Å². The number of nitrogen functional groups attached to an aromatic ring is 1. The summed E-state index contributed by atoms with van der Waals surface area (Å²) in [4.78, 5) is 11.7. The number of halogens is 1. The number of nitrogens with one attached hydrogen (secondary N) is 1. The van der Waals surface area contributed by atoms with Crippen molar-refractivity contribution in [3.8, 4) is 5.75 Å². The number of ether oxygens (including phenoxy) is 1. The zero-order valence-corrected chi connectivity index (χ0v) is 14.5. The minimum Gasteiger partial charge on any atom is -0.423 e. The fourth-order valence-electron chi connectivity index (χ4n) is 1.69. The highest BCUT2D eigenvalue weighted by Gasteiger charge is 2.02. The second kappa shape index (κ2) is 9.66. The van der Waals surface area contributed by atoms with Crippen molar-refractivity contribution in [3.63, 3.8) is 0 Å². The van der Waals surface area contributed by atoms with E-state index < -0.39 is 16.2 Å². The van der Waals surface area contributed by atoms with Crippen molar-refractivity contribution >= 4 is 17.9 Å². The van der Waals surface area contributed by atoms with Crippen molar-refractivity contribution in [2.75, 3.05) is 0 Å². The SMILES string of the molecule is Cc1ccc(/C=C/C(=O)Oc2ccc(C(=N)N)cc2)cc1.[O-][Cl+3]([O-])([O-])O. The van der Waals surface area contributed by atoms with Gasteiger partial charge in [-0.25, -0.2) is 4.79 Å². The van der Waals surface area contributed by atoms with Gasteiger partial charge in [0.2, 0.25) is 0 Å². The van der Waals surface area contributed by atoms with Crippen LogP contribution in [0.5, 0.6) is 5.75 Å². The third-order valence-electron chi connectivity index (χ3n) is 2.87. The van der Waals surface area contributed by atoms with Gasteiger partial charge in [0.25, 0.3) is 0 Å². The first-order chi connectivity index (χ1) is 12.0. The number of esters is 1. The summed E-state index contributed by atoms with van der Waals surface area (Å²) in [5.41, 5.74) is 8.04. The Bertz CT molecular complexity index is 761. The first kappa shape index (κ1) is 21.3. The molecule has 138 valence electrons.